The van der Waals surface area contributed by atoms with E-state index in [1.54, 1.807) is 6.20 Å². The first-order valence-corrected chi connectivity index (χ1v) is 6.15. The molecular formula is C13H17N3O3. The highest BCUT2D eigenvalue weighted by Crippen LogP contribution is 2.22. The number of pyridine rings is 1. The number of nitrogens with one attached hydrogen (secondary N) is 1. The Balaban J connectivity index is 2.04. The van der Waals surface area contributed by atoms with E-state index in [0.29, 0.717) is 12.1 Å². The van der Waals surface area contributed by atoms with Gasteiger partial charge in [-0.15, -0.1) is 0 Å². The SMILES string of the molecule is COC(=O)NC1CCN(c2ncc(C=O)cc2C)C1. The molecule has 1 fully saturated rings. The molecule has 1 N–H and O–H groups in total. The number of aromatic nitrogens is 1. The molecule has 0 radical (unpaired) electrons. The highest BCUT2D eigenvalue weighted by atomic mass is 16.5. The average molecular weight is 263 g/mol. The molecule has 6 heteroatoms. The van der Waals surface area contributed by atoms with Crippen molar-refractivity contribution < 1.29 is 14.3 Å². The highest BCUT2D eigenvalue weighted by molar-refractivity contribution is 5.75. The van der Waals surface area contributed by atoms with E-state index in [2.05, 4.69) is 19.9 Å². The lowest BCUT2D eigenvalue weighted by atomic mass is 10.2. The maximum absolute atomic E-state index is 11.2. The number of carbonyl (C=O) groups is 2. The predicted molar refractivity (Wildman–Crippen MR) is 70.5 cm³/mol. The second-order valence-electron chi connectivity index (χ2n) is 4.59. The van der Waals surface area contributed by atoms with Gasteiger partial charge in [0, 0.05) is 24.8 Å². The molecule has 0 bridgehead atoms. The molecule has 0 saturated carbocycles. The van der Waals surface area contributed by atoms with Gasteiger partial charge in [0.05, 0.1) is 13.2 Å². The van der Waals surface area contributed by atoms with E-state index < -0.39 is 6.09 Å². The summed E-state index contributed by atoms with van der Waals surface area (Å²) in [6, 6.07) is 1.88. The Labute approximate surface area is 111 Å². The van der Waals surface area contributed by atoms with Gasteiger partial charge >= 0.3 is 6.09 Å². The number of amides is 1. The number of aryl methyl sites for hydroxylation is 1. The Bertz CT molecular complexity index is 490. The summed E-state index contributed by atoms with van der Waals surface area (Å²) in [6.07, 6.45) is 2.80. The number of aldehydes is 1. The van der Waals surface area contributed by atoms with Crippen molar-refractivity contribution in [1.29, 1.82) is 0 Å². The minimum Gasteiger partial charge on any atom is -0.453 e. The van der Waals surface area contributed by atoms with Crippen LogP contribution in [-0.4, -0.2) is 43.6 Å². The summed E-state index contributed by atoms with van der Waals surface area (Å²) >= 11 is 0. The average Bonchev–Trinajstić information content (AvgIpc) is 2.86. The number of alkyl carbamates (subject to hydrolysis) is 1. The van der Waals surface area contributed by atoms with Gasteiger partial charge in [-0.25, -0.2) is 9.78 Å². The maximum atomic E-state index is 11.2. The Morgan fingerprint density at radius 1 is 1.63 bits per heavy atom. The molecule has 2 rings (SSSR count). The van der Waals surface area contributed by atoms with Crippen LogP contribution in [0.25, 0.3) is 0 Å². The Morgan fingerprint density at radius 3 is 3.05 bits per heavy atom. The molecule has 102 valence electrons. The smallest absolute Gasteiger partial charge is 0.407 e. The first-order chi connectivity index (χ1) is 9.13. The third kappa shape index (κ3) is 3.01. The van der Waals surface area contributed by atoms with Crippen molar-refractivity contribution in [3.8, 4) is 0 Å². The van der Waals surface area contributed by atoms with Gasteiger partial charge in [-0.2, -0.15) is 0 Å². The summed E-state index contributed by atoms with van der Waals surface area (Å²) in [5, 5.41) is 2.78. The topological polar surface area (TPSA) is 71.5 Å². The molecule has 1 aliphatic rings. The predicted octanol–water partition coefficient (Wildman–Crippen LogP) is 1.14. The number of anilines is 1. The van der Waals surface area contributed by atoms with Gasteiger partial charge in [0.15, 0.2) is 6.29 Å². The fourth-order valence-corrected chi connectivity index (χ4v) is 2.28. The Kier molecular flexibility index (Phi) is 3.99. The van der Waals surface area contributed by atoms with Crippen LogP contribution in [0.4, 0.5) is 10.6 Å². The fourth-order valence-electron chi connectivity index (χ4n) is 2.28. The summed E-state index contributed by atoms with van der Waals surface area (Å²) in [5.74, 6) is 0.861. The summed E-state index contributed by atoms with van der Waals surface area (Å²) in [6.45, 7) is 3.45. The monoisotopic (exact) mass is 263 g/mol. The van der Waals surface area contributed by atoms with Crippen LogP contribution in [0.3, 0.4) is 0 Å². The van der Waals surface area contributed by atoms with Crippen molar-refractivity contribution in [2.45, 2.75) is 19.4 Å². The van der Waals surface area contributed by atoms with Gasteiger partial charge in [0.2, 0.25) is 0 Å². The third-order valence-electron chi connectivity index (χ3n) is 3.20. The largest absolute Gasteiger partial charge is 0.453 e. The molecule has 1 aromatic heterocycles. The number of rotatable bonds is 3. The number of hydrogen-bond acceptors (Lipinski definition) is 5. The van der Waals surface area contributed by atoms with Gasteiger partial charge in [-0.3, -0.25) is 4.79 Å². The van der Waals surface area contributed by atoms with Crippen molar-refractivity contribution in [1.82, 2.24) is 10.3 Å². The van der Waals surface area contributed by atoms with Crippen LogP contribution in [0.2, 0.25) is 0 Å². The van der Waals surface area contributed by atoms with Crippen molar-refractivity contribution in [2.24, 2.45) is 0 Å². The van der Waals surface area contributed by atoms with Crippen molar-refractivity contribution >= 4 is 18.2 Å². The zero-order valence-electron chi connectivity index (χ0n) is 11.0. The molecule has 0 aromatic carbocycles. The summed E-state index contributed by atoms with van der Waals surface area (Å²) in [4.78, 5) is 28.3. The quantitative estimate of drug-likeness (QED) is 0.828. The maximum Gasteiger partial charge on any atom is 0.407 e. The molecule has 6 nitrogen and oxygen atoms in total. The van der Waals surface area contributed by atoms with E-state index in [1.165, 1.54) is 7.11 Å². The van der Waals surface area contributed by atoms with Crippen LogP contribution in [-0.2, 0) is 4.74 Å². The van der Waals surface area contributed by atoms with Crippen molar-refractivity contribution in [2.75, 3.05) is 25.1 Å². The molecular weight excluding hydrogens is 246 g/mol. The van der Waals surface area contributed by atoms with Crippen LogP contribution in [0.15, 0.2) is 12.3 Å². The summed E-state index contributed by atoms with van der Waals surface area (Å²) in [7, 11) is 1.35. The van der Waals surface area contributed by atoms with Gasteiger partial charge in [0.1, 0.15) is 5.82 Å². The first-order valence-electron chi connectivity index (χ1n) is 6.15. The number of nitrogens with zero attached hydrogens (tertiary/aromatic N) is 2. The van der Waals surface area contributed by atoms with Crippen LogP contribution in [0.5, 0.6) is 0 Å². The highest BCUT2D eigenvalue weighted by Gasteiger charge is 2.25. The molecule has 1 amide bonds. The van der Waals surface area contributed by atoms with E-state index in [1.807, 2.05) is 13.0 Å². The zero-order chi connectivity index (χ0) is 13.8. The summed E-state index contributed by atoms with van der Waals surface area (Å²) in [5.41, 5.74) is 1.54. The molecule has 0 spiro atoms. The van der Waals surface area contributed by atoms with E-state index >= 15 is 0 Å². The number of ether oxygens (including phenoxy) is 1. The van der Waals surface area contributed by atoms with E-state index in [-0.39, 0.29) is 6.04 Å². The van der Waals surface area contributed by atoms with E-state index in [4.69, 9.17) is 0 Å². The molecule has 19 heavy (non-hydrogen) atoms. The third-order valence-corrected chi connectivity index (χ3v) is 3.20. The fraction of sp³-hybridized carbons (Fsp3) is 0.462. The van der Waals surface area contributed by atoms with Crippen LogP contribution < -0.4 is 10.2 Å². The molecule has 2 heterocycles. The van der Waals surface area contributed by atoms with Gasteiger partial charge in [0.25, 0.3) is 0 Å². The second kappa shape index (κ2) is 5.69. The molecule has 1 saturated heterocycles. The normalized spacial score (nSPS) is 18.2. The van der Waals surface area contributed by atoms with E-state index in [0.717, 1.165) is 30.6 Å². The minimum absolute atomic E-state index is 0.0689. The van der Waals surface area contributed by atoms with Crippen molar-refractivity contribution in [3.63, 3.8) is 0 Å². The molecule has 1 unspecified atom stereocenters. The Morgan fingerprint density at radius 2 is 2.42 bits per heavy atom. The molecule has 1 aliphatic heterocycles. The lowest BCUT2D eigenvalue weighted by Crippen LogP contribution is -2.37. The standard InChI is InChI=1S/C13H17N3O3/c1-9-5-10(8-17)6-14-12(9)16-4-3-11(7-16)15-13(18)19-2/h5-6,8,11H,3-4,7H2,1-2H3,(H,15,18). The lowest BCUT2D eigenvalue weighted by molar-refractivity contribution is 0.112. The van der Waals surface area contributed by atoms with Crippen LogP contribution in [0.1, 0.15) is 22.3 Å². The molecule has 1 atom stereocenters. The van der Waals surface area contributed by atoms with Gasteiger partial charge in [-0.05, 0) is 25.0 Å². The minimum atomic E-state index is -0.409. The number of hydrogen-bond donors (Lipinski definition) is 1. The van der Waals surface area contributed by atoms with Crippen LogP contribution in [0, 0.1) is 6.92 Å². The first kappa shape index (κ1) is 13.3. The Hall–Kier alpha value is -2.11. The second-order valence-corrected chi connectivity index (χ2v) is 4.59. The number of carbonyl (C=O) groups excluding carboxylic acids is 2. The molecule has 0 aliphatic carbocycles. The van der Waals surface area contributed by atoms with E-state index in [9.17, 15) is 9.59 Å². The zero-order valence-corrected chi connectivity index (χ0v) is 11.0. The van der Waals surface area contributed by atoms with Gasteiger partial charge < -0.3 is 15.0 Å². The number of methoxy groups -OCH3 is 1. The van der Waals surface area contributed by atoms with Crippen molar-refractivity contribution in [3.05, 3.63) is 23.4 Å². The molecule has 1 aromatic rings. The van der Waals surface area contributed by atoms with Crippen LogP contribution >= 0.6 is 0 Å². The van der Waals surface area contributed by atoms with Gasteiger partial charge in [-0.1, -0.05) is 0 Å². The summed E-state index contributed by atoms with van der Waals surface area (Å²) < 4.78 is 4.58. The lowest BCUT2D eigenvalue weighted by Gasteiger charge is -2.19.